The second-order valence-electron chi connectivity index (χ2n) is 4.56. The van der Waals surface area contributed by atoms with Gasteiger partial charge in [-0.25, -0.2) is 4.79 Å². The first kappa shape index (κ1) is 15.9. The van der Waals surface area contributed by atoms with Gasteiger partial charge in [-0.2, -0.15) is 0 Å². The lowest BCUT2D eigenvalue weighted by molar-refractivity contribution is 0.0437. The van der Waals surface area contributed by atoms with Crippen LogP contribution in [-0.2, 0) is 11.3 Å². The second kappa shape index (κ2) is 7.10. The summed E-state index contributed by atoms with van der Waals surface area (Å²) in [5, 5.41) is 8.43. The molecule has 3 rings (SSSR count). The highest BCUT2D eigenvalue weighted by molar-refractivity contribution is 14.1. The zero-order chi connectivity index (χ0) is 16.2. The Labute approximate surface area is 150 Å². The van der Waals surface area contributed by atoms with Gasteiger partial charge in [0, 0.05) is 14.2 Å². The van der Waals surface area contributed by atoms with Crippen LogP contribution in [0.25, 0.3) is 11.5 Å². The standard InChI is InChI=1S/C16H10ClIN2O3/c17-11-7-5-10(6-8-11)15-20-19-14(23-15)9-22-16(21)12-3-1-2-4-13(12)18/h1-8H,9H2. The average Bonchev–Trinajstić information content (AvgIpc) is 3.03. The van der Waals surface area contributed by atoms with Crippen molar-refractivity contribution < 1.29 is 13.9 Å². The molecule has 7 heteroatoms. The molecule has 0 aliphatic heterocycles. The number of benzene rings is 2. The number of rotatable bonds is 4. The van der Waals surface area contributed by atoms with E-state index >= 15 is 0 Å². The second-order valence-corrected chi connectivity index (χ2v) is 6.16. The molecule has 0 saturated heterocycles. The van der Waals surface area contributed by atoms with E-state index in [9.17, 15) is 4.79 Å². The molecule has 116 valence electrons. The Hall–Kier alpha value is -1.93. The van der Waals surface area contributed by atoms with Gasteiger partial charge < -0.3 is 9.15 Å². The monoisotopic (exact) mass is 440 g/mol. The largest absolute Gasteiger partial charge is 0.452 e. The van der Waals surface area contributed by atoms with Gasteiger partial charge >= 0.3 is 5.97 Å². The molecule has 1 heterocycles. The first-order valence-electron chi connectivity index (χ1n) is 6.63. The van der Waals surface area contributed by atoms with Crippen LogP contribution in [-0.4, -0.2) is 16.2 Å². The fourth-order valence-corrected chi connectivity index (χ4v) is 2.59. The van der Waals surface area contributed by atoms with Gasteiger partial charge in [0.25, 0.3) is 5.89 Å². The van der Waals surface area contributed by atoms with Crippen LogP contribution in [0.4, 0.5) is 0 Å². The van der Waals surface area contributed by atoms with Crippen LogP contribution in [0.15, 0.2) is 52.9 Å². The maximum Gasteiger partial charge on any atom is 0.339 e. The Morgan fingerprint density at radius 1 is 1.13 bits per heavy atom. The summed E-state index contributed by atoms with van der Waals surface area (Å²) in [6.07, 6.45) is 0. The molecular formula is C16H10ClIN2O3. The minimum atomic E-state index is -0.429. The molecule has 0 bridgehead atoms. The maximum absolute atomic E-state index is 12.0. The molecule has 0 aliphatic carbocycles. The number of esters is 1. The number of aromatic nitrogens is 2. The molecule has 0 amide bonds. The zero-order valence-corrected chi connectivity index (χ0v) is 14.6. The molecule has 0 aliphatic rings. The SMILES string of the molecule is O=C(OCc1nnc(-c2ccc(Cl)cc2)o1)c1ccccc1I. The summed E-state index contributed by atoms with van der Waals surface area (Å²) in [5.41, 5.74) is 1.25. The fraction of sp³-hybridized carbons (Fsp3) is 0.0625. The molecule has 0 atom stereocenters. The average molecular weight is 441 g/mol. The van der Waals surface area contributed by atoms with Crippen molar-refractivity contribution in [2.24, 2.45) is 0 Å². The van der Waals surface area contributed by atoms with Crippen LogP contribution in [0.5, 0.6) is 0 Å². The summed E-state index contributed by atoms with van der Waals surface area (Å²) in [5.74, 6) is 0.150. The van der Waals surface area contributed by atoms with E-state index in [1.54, 1.807) is 36.4 Å². The fourth-order valence-electron chi connectivity index (χ4n) is 1.85. The van der Waals surface area contributed by atoms with E-state index in [0.29, 0.717) is 16.5 Å². The molecule has 2 aromatic carbocycles. The number of halogens is 2. The van der Waals surface area contributed by atoms with E-state index in [2.05, 4.69) is 32.8 Å². The Morgan fingerprint density at radius 3 is 2.61 bits per heavy atom. The smallest absolute Gasteiger partial charge is 0.339 e. The molecular weight excluding hydrogens is 431 g/mol. The van der Waals surface area contributed by atoms with E-state index in [0.717, 1.165) is 9.13 Å². The van der Waals surface area contributed by atoms with Crippen molar-refractivity contribution in [1.82, 2.24) is 10.2 Å². The van der Waals surface area contributed by atoms with Crippen molar-refractivity contribution in [1.29, 1.82) is 0 Å². The molecule has 23 heavy (non-hydrogen) atoms. The summed E-state index contributed by atoms with van der Waals surface area (Å²) < 4.78 is 11.5. The molecule has 0 spiro atoms. The normalized spacial score (nSPS) is 10.5. The number of carbonyl (C=O) groups excluding carboxylic acids is 1. The summed E-state index contributed by atoms with van der Waals surface area (Å²) in [4.78, 5) is 12.0. The molecule has 0 N–H and O–H groups in total. The molecule has 0 unspecified atom stereocenters. The number of carbonyl (C=O) groups is 1. The Balaban J connectivity index is 1.67. The van der Waals surface area contributed by atoms with Crippen LogP contribution in [0.1, 0.15) is 16.2 Å². The third-order valence-corrected chi connectivity index (χ3v) is 4.17. The van der Waals surface area contributed by atoms with Gasteiger partial charge in [0.1, 0.15) is 0 Å². The number of nitrogens with zero attached hydrogens (tertiary/aromatic N) is 2. The molecule has 1 aromatic heterocycles. The third-order valence-electron chi connectivity index (χ3n) is 2.98. The van der Waals surface area contributed by atoms with Gasteiger partial charge in [-0.15, -0.1) is 10.2 Å². The van der Waals surface area contributed by atoms with Crippen LogP contribution in [0.3, 0.4) is 0 Å². The minimum Gasteiger partial charge on any atom is -0.452 e. The van der Waals surface area contributed by atoms with Crippen molar-refractivity contribution in [3.8, 4) is 11.5 Å². The van der Waals surface area contributed by atoms with Gasteiger partial charge in [-0.1, -0.05) is 23.7 Å². The topological polar surface area (TPSA) is 65.2 Å². The van der Waals surface area contributed by atoms with Gasteiger partial charge in [0.05, 0.1) is 5.56 Å². The first-order chi connectivity index (χ1) is 11.1. The summed E-state index contributed by atoms with van der Waals surface area (Å²) in [6.45, 7) is -0.0790. The quantitative estimate of drug-likeness (QED) is 0.446. The molecule has 5 nitrogen and oxygen atoms in total. The van der Waals surface area contributed by atoms with Crippen molar-refractivity contribution in [3.05, 3.63) is 68.6 Å². The van der Waals surface area contributed by atoms with E-state index < -0.39 is 5.97 Å². The van der Waals surface area contributed by atoms with E-state index in [1.165, 1.54) is 0 Å². The Kier molecular flexibility index (Phi) is 4.92. The highest BCUT2D eigenvalue weighted by Gasteiger charge is 2.14. The number of hydrogen-bond donors (Lipinski definition) is 0. The van der Waals surface area contributed by atoms with E-state index in [1.807, 2.05) is 12.1 Å². The number of ether oxygens (including phenoxy) is 1. The third kappa shape index (κ3) is 3.89. The van der Waals surface area contributed by atoms with E-state index in [-0.39, 0.29) is 12.5 Å². The number of hydrogen-bond acceptors (Lipinski definition) is 5. The zero-order valence-electron chi connectivity index (χ0n) is 11.7. The molecule has 0 fully saturated rings. The van der Waals surface area contributed by atoms with Crippen LogP contribution in [0, 0.1) is 3.57 Å². The van der Waals surface area contributed by atoms with Gasteiger partial charge in [-0.05, 0) is 59.0 Å². The van der Waals surface area contributed by atoms with Crippen molar-refractivity contribution in [3.63, 3.8) is 0 Å². The van der Waals surface area contributed by atoms with Gasteiger partial charge in [0.2, 0.25) is 5.89 Å². The highest BCUT2D eigenvalue weighted by atomic mass is 127. The summed E-state index contributed by atoms with van der Waals surface area (Å²) >= 11 is 7.92. The summed E-state index contributed by atoms with van der Waals surface area (Å²) in [6, 6.07) is 14.2. The van der Waals surface area contributed by atoms with Gasteiger partial charge in [-0.3, -0.25) is 0 Å². The maximum atomic E-state index is 12.0. The lowest BCUT2D eigenvalue weighted by atomic mass is 10.2. The highest BCUT2D eigenvalue weighted by Crippen LogP contribution is 2.20. The van der Waals surface area contributed by atoms with Crippen molar-refractivity contribution in [2.75, 3.05) is 0 Å². The minimum absolute atomic E-state index is 0.0790. The molecule has 0 saturated carbocycles. The summed E-state index contributed by atoms with van der Waals surface area (Å²) in [7, 11) is 0. The van der Waals surface area contributed by atoms with Crippen LogP contribution < -0.4 is 0 Å². The lowest BCUT2D eigenvalue weighted by Crippen LogP contribution is -2.07. The van der Waals surface area contributed by atoms with Crippen molar-refractivity contribution >= 4 is 40.2 Å². The van der Waals surface area contributed by atoms with E-state index in [4.69, 9.17) is 20.8 Å². The predicted molar refractivity (Wildman–Crippen MR) is 93.0 cm³/mol. The van der Waals surface area contributed by atoms with Crippen LogP contribution in [0.2, 0.25) is 5.02 Å². The molecule has 3 aromatic rings. The first-order valence-corrected chi connectivity index (χ1v) is 8.09. The Morgan fingerprint density at radius 2 is 1.87 bits per heavy atom. The predicted octanol–water partition coefficient (Wildman–Crippen LogP) is 4.35. The molecule has 0 radical (unpaired) electrons. The van der Waals surface area contributed by atoms with Crippen LogP contribution >= 0.6 is 34.2 Å². The lowest BCUT2D eigenvalue weighted by Gasteiger charge is -2.03. The van der Waals surface area contributed by atoms with Crippen molar-refractivity contribution in [2.45, 2.75) is 6.61 Å². The Bertz CT molecular complexity index is 833. The van der Waals surface area contributed by atoms with Gasteiger partial charge in [0.15, 0.2) is 6.61 Å².